The molecule has 0 atom stereocenters. The van der Waals surface area contributed by atoms with E-state index in [1.807, 2.05) is 42.5 Å². The maximum Gasteiger partial charge on any atom is 0.221 e. The van der Waals surface area contributed by atoms with Crippen molar-refractivity contribution in [2.24, 2.45) is 4.99 Å². The Hall–Kier alpha value is -2.73. The average Bonchev–Trinajstić information content (AvgIpc) is 2.61. The van der Waals surface area contributed by atoms with E-state index in [9.17, 15) is 4.79 Å². The molecule has 0 aliphatic rings. The number of nitrogens with one attached hydrogen (secondary N) is 3. The van der Waals surface area contributed by atoms with E-state index in [1.54, 1.807) is 14.2 Å². The molecular weight excluding hydrogens is 352 g/mol. The molecule has 0 radical (unpaired) electrons. The Morgan fingerprint density at radius 2 is 1.81 bits per heavy atom. The molecule has 0 saturated carbocycles. The zero-order valence-corrected chi connectivity index (χ0v) is 15.9. The van der Waals surface area contributed by atoms with Crippen molar-refractivity contribution in [3.63, 3.8) is 0 Å². The summed E-state index contributed by atoms with van der Waals surface area (Å²) in [6, 6.07) is 13.3. The van der Waals surface area contributed by atoms with Gasteiger partial charge < -0.3 is 20.7 Å². The van der Waals surface area contributed by atoms with Crippen LogP contribution in [0.2, 0.25) is 5.02 Å². The van der Waals surface area contributed by atoms with Crippen molar-refractivity contribution in [3.8, 4) is 5.75 Å². The minimum absolute atomic E-state index is 0.146. The number of nitrogens with zero attached hydrogens (tertiary/aromatic N) is 1. The smallest absolute Gasteiger partial charge is 0.221 e. The van der Waals surface area contributed by atoms with E-state index >= 15 is 0 Å². The fraction of sp³-hybridized carbons (Fsp3) is 0.263. The molecule has 6 nitrogen and oxygen atoms in total. The molecule has 0 aliphatic carbocycles. The zero-order valence-electron chi connectivity index (χ0n) is 15.1. The molecule has 3 N–H and O–H groups in total. The molecule has 2 rings (SSSR count). The minimum Gasteiger partial charge on any atom is -0.495 e. The first-order chi connectivity index (χ1) is 12.5. The second-order valence-corrected chi connectivity index (χ2v) is 6.06. The molecule has 2 aromatic rings. The number of methoxy groups -OCH3 is 1. The molecule has 0 spiro atoms. The number of aliphatic imine (C=N–C) groups is 1. The maximum absolute atomic E-state index is 11.3. The topological polar surface area (TPSA) is 74.8 Å². The van der Waals surface area contributed by atoms with Crippen LogP contribution in [0.5, 0.6) is 5.75 Å². The number of ether oxygens (including phenoxy) is 1. The van der Waals surface area contributed by atoms with E-state index in [2.05, 4.69) is 20.9 Å². The third-order valence-corrected chi connectivity index (χ3v) is 3.84. The molecule has 0 heterocycles. The first-order valence-corrected chi connectivity index (χ1v) is 8.53. The molecule has 0 fully saturated rings. The van der Waals surface area contributed by atoms with Crippen molar-refractivity contribution in [2.75, 3.05) is 19.5 Å². The third kappa shape index (κ3) is 5.97. The van der Waals surface area contributed by atoms with Gasteiger partial charge in [0.1, 0.15) is 5.75 Å². The van der Waals surface area contributed by atoms with Gasteiger partial charge in [0.2, 0.25) is 5.91 Å². The Kier molecular flexibility index (Phi) is 7.29. The molecule has 7 heteroatoms. The Bertz CT molecular complexity index is 793. The number of hydrogen-bond acceptors (Lipinski definition) is 3. The van der Waals surface area contributed by atoms with Crippen LogP contribution in [0.25, 0.3) is 0 Å². The molecule has 0 aliphatic heterocycles. The predicted molar refractivity (Wildman–Crippen MR) is 106 cm³/mol. The molecule has 26 heavy (non-hydrogen) atoms. The summed E-state index contributed by atoms with van der Waals surface area (Å²) in [6.45, 7) is 2.62. The Labute approximate surface area is 158 Å². The lowest BCUT2D eigenvalue weighted by Crippen LogP contribution is -2.36. The van der Waals surface area contributed by atoms with E-state index < -0.39 is 0 Å². The van der Waals surface area contributed by atoms with Crippen LogP contribution in [0.1, 0.15) is 18.1 Å². The number of benzene rings is 2. The van der Waals surface area contributed by atoms with Gasteiger partial charge in [-0.2, -0.15) is 0 Å². The van der Waals surface area contributed by atoms with Gasteiger partial charge in [-0.1, -0.05) is 29.8 Å². The standard InChI is InChI=1S/C19H23ClN4O2/c1-13(25)24-17-10-15(7-8-18(17)26-3)12-23-19(21-2)22-11-14-5-4-6-16(20)9-14/h4-10H,11-12H2,1-3H3,(H,24,25)(H2,21,22,23). The van der Waals surface area contributed by atoms with Crippen LogP contribution in [0.15, 0.2) is 47.5 Å². The number of guanidine groups is 1. The summed E-state index contributed by atoms with van der Waals surface area (Å²) in [5.74, 6) is 1.14. The number of halogens is 1. The van der Waals surface area contributed by atoms with Gasteiger partial charge in [-0.3, -0.25) is 9.79 Å². The van der Waals surface area contributed by atoms with Crippen LogP contribution in [-0.4, -0.2) is 26.0 Å². The summed E-state index contributed by atoms with van der Waals surface area (Å²) < 4.78 is 5.26. The van der Waals surface area contributed by atoms with Crippen molar-refractivity contribution in [1.82, 2.24) is 10.6 Å². The summed E-state index contributed by atoms with van der Waals surface area (Å²) in [5, 5.41) is 9.95. The Morgan fingerprint density at radius 3 is 2.38 bits per heavy atom. The number of anilines is 1. The molecule has 0 bridgehead atoms. The summed E-state index contributed by atoms with van der Waals surface area (Å²) in [5.41, 5.74) is 2.69. The van der Waals surface area contributed by atoms with Gasteiger partial charge in [-0.15, -0.1) is 0 Å². The van der Waals surface area contributed by atoms with Crippen LogP contribution in [0.3, 0.4) is 0 Å². The lowest BCUT2D eigenvalue weighted by Gasteiger charge is -2.14. The third-order valence-electron chi connectivity index (χ3n) is 3.61. The van der Waals surface area contributed by atoms with E-state index in [4.69, 9.17) is 16.3 Å². The normalized spacial score (nSPS) is 11.0. The van der Waals surface area contributed by atoms with E-state index in [0.29, 0.717) is 35.5 Å². The summed E-state index contributed by atoms with van der Waals surface area (Å²) in [6.07, 6.45) is 0. The highest BCUT2D eigenvalue weighted by Crippen LogP contribution is 2.25. The fourth-order valence-electron chi connectivity index (χ4n) is 2.39. The van der Waals surface area contributed by atoms with E-state index in [0.717, 1.165) is 11.1 Å². The molecule has 0 unspecified atom stereocenters. The molecule has 0 saturated heterocycles. The monoisotopic (exact) mass is 374 g/mol. The van der Waals surface area contributed by atoms with Gasteiger partial charge in [-0.05, 0) is 35.4 Å². The number of hydrogen-bond donors (Lipinski definition) is 3. The minimum atomic E-state index is -0.146. The Balaban J connectivity index is 1.96. The van der Waals surface area contributed by atoms with Crippen molar-refractivity contribution in [1.29, 1.82) is 0 Å². The number of rotatable bonds is 6. The number of carbonyl (C=O) groups excluding carboxylic acids is 1. The second kappa shape index (κ2) is 9.68. The van der Waals surface area contributed by atoms with Gasteiger partial charge in [0.15, 0.2) is 5.96 Å². The first kappa shape index (κ1) is 19.6. The van der Waals surface area contributed by atoms with E-state index in [1.165, 1.54) is 6.92 Å². The van der Waals surface area contributed by atoms with Crippen LogP contribution >= 0.6 is 11.6 Å². The predicted octanol–water partition coefficient (Wildman–Crippen LogP) is 3.17. The maximum atomic E-state index is 11.3. The number of carbonyl (C=O) groups is 1. The van der Waals surface area contributed by atoms with Gasteiger partial charge in [0.25, 0.3) is 0 Å². The average molecular weight is 375 g/mol. The van der Waals surface area contributed by atoms with Crippen LogP contribution in [-0.2, 0) is 17.9 Å². The molecule has 2 aromatic carbocycles. The second-order valence-electron chi connectivity index (χ2n) is 5.63. The zero-order chi connectivity index (χ0) is 18.9. The van der Waals surface area contributed by atoms with Gasteiger partial charge in [0.05, 0.1) is 12.8 Å². The van der Waals surface area contributed by atoms with Crippen molar-refractivity contribution in [3.05, 3.63) is 58.6 Å². The highest BCUT2D eigenvalue weighted by molar-refractivity contribution is 6.30. The van der Waals surface area contributed by atoms with Crippen molar-refractivity contribution in [2.45, 2.75) is 20.0 Å². The van der Waals surface area contributed by atoms with Crippen molar-refractivity contribution < 1.29 is 9.53 Å². The first-order valence-electron chi connectivity index (χ1n) is 8.15. The SMILES string of the molecule is CN=C(NCc1cccc(Cl)c1)NCc1ccc(OC)c(NC(C)=O)c1. The highest BCUT2D eigenvalue weighted by Gasteiger charge is 2.07. The van der Waals surface area contributed by atoms with Gasteiger partial charge in [-0.25, -0.2) is 0 Å². The quantitative estimate of drug-likeness (QED) is 0.536. The number of amides is 1. The molecular formula is C19H23ClN4O2. The molecule has 0 aromatic heterocycles. The fourth-order valence-corrected chi connectivity index (χ4v) is 2.60. The van der Waals surface area contributed by atoms with Gasteiger partial charge >= 0.3 is 0 Å². The van der Waals surface area contributed by atoms with Gasteiger partial charge in [0, 0.05) is 32.1 Å². The summed E-state index contributed by atoms with van der Waals surface area (Å²) >= 11 is 6.00. The van der Waals surface area contributed by atoms with Crippen LogP contribution < -0.4 is 20.7 Å². The summed E-state index contributed by atoms with van der Waals surface area (Å²) in [7, 11) is 3.28. The lowest BCUT2D eigenvalue weighted by molar-refractivity contribution is -0.114. The lowest BCUT2D eigenvalue weighted by atomic mass is 10.2. The van der Waals surface area contributed by atoms with E-state index in [-0.39, 0.29) is 5.91 Å². The van der Waals surface area contributed by atoms with Crippen LogP contribution in [0, 0.1) is 0 Å². The van der Waals surface area contributed by atoms with Crippen LogP contribution in [0.4, 0.5) is 5.69 Å². The van der Waals surface area contributed by atoms with Crippen molar-refractivity contribution >= 4 is 29.2 Å². The molecule has 138 valence electrons. The summed E-state index contributed by atoms with van der Waals surface area (Å²) in [4.78, 5) is 15.5. The highest BCUT2D eigenvalue weighted by atomic mass is 35.5. The largest absolute Gasteiger partial charge is 0.495 e. The Morgan fingerprint density at radius 1 is 1.12 bits per heavy atom. The molecule has 1 amide bonds.